The van der Waals surface area contributed by atoms with E-state index in [1.807, 2.05) is 44.2 Å². The Kier molecular flexibility index (Phi) is 11.9. The summed E-state index contributed by atoms with van der Waals surface area (Å²) in [5.74, 6) is -0.773. The predicted octanol–water partition coefficient (Wildman–Crippen LogP) is 5.98. The van der Waals surface area contributed by atoms with E-state index in [1.54, 1.807) is 24.3 Å². The lowest BCUT2D eigenvalue weighted by Crippen LogP contribution is -2.54. The fourth-order valence-electron chi connectivity index (χ4n) is 4.28. The minimum Gasteiger partial charge on any atom is -0.495 e. The number of carbonyl (C=O) groups excluding carboxylic acids is 2. The predicted molar refractivity (Wildman–Crippen MR) is 169 cm³/mol. The average molecular weight is 655 g/mol. The third-order valence-corrected chi connectivity index (χ3v) is 8.80. The Morgan fingerprint density at radius 2 is 1.64 bits per heavy atom. The first-order valence-corrected chi connectivity index (χ1v) is 16.2. The van der Waals surface area contributed by atoms with Crippen LogP contribution in [-0.2, 0) is 32.6 Å². The van der Waals surface area contributed by atoms with Gasteiger partial charge in [0.1, 0.15) is 18.3 Å². The second kappa shape index (κ2) is 15.0. The first kappa shape index (κ1) is 33.5. The van der Waals surface area contributed by atoms with Crippen LogP contribution in [0.4, 0.5) is 5.69 Å². The van der Waals surface area contributed by atoms with Crippen molar-refractivity contribution in [1.82, 2.24) is 10.2 Å². The Balaban J connectivity index is 2.12. The molecule has 0 spiro atoms. The molecule has 0 fully saturated rings. The summed E-state index contributed by atoms with van der Waals surface area (Å²) in [4.78, 5) is 29.3. The number of anilines is 1. The maximum Gasteiger partial charge on any atom is 0.244 e. The number of halogens is 3. The summed E-state index contributed by atoms with van der Waals surface area (Å²) in [7, 11) is -2.61. The molecule has 226 valence electrons. The van der Waals surface area contributed by atoms with Crippen LogP contribution in [0.1, 0.15) is 31.4 Å². The van der Waals surface area contributed by atoms with Crippen LogP contribution >= 0.6 is 34.8 Å². The van der Waals surface area contributed by atoms with E-state index < -0.39 is 28.5 Å². The van der Waals surface area contributed by atoms with E-state index in [4.69, 9.17) is 39.5 Å². The molecular weight excluding hydrogens is 621 g/mol. The third-order valence-electron chi connectivity index (χ3n) is 6.70. The van der Waals surface area contributed by atoms with Crippen LogP contribution in [0.25, 0.3) is 0 Å². The number of benzene rings is 3. The summed E-state index contributed by atoms with van der Waals surface area (Å²) >= 11 is 18.6. The van der Waals surface area contributed by atoms with Gasteiger partial charge in [0.05, 0.1) is 29.1 Å². The number of methoxy groups -OCH3 is 1. The highest BCUT2D eigenvalue weighted by molar-refractivity contribution is 7.92. The van der Waals surface area contributed by atoms with Gasteiger partial charge >= 0.3 is 0 Å². The molecule has 8 nitrogen and oxygen atoms in total. The molecule has 2 amide bonds. The second-order valence-electron chi connectivity index (χ2n) is 9.88. The molecule has 0 saturated carbocycles. The van der Waals surface area contributed by atoms with Crippen LogP contribution in [0.15, 0.2) is 66.7 Å². The van der Waals surface area contributed by atoms with Crippen LogP contribution < -0.4 is 14.4 Å². The first-order chi connectivity index (χ1) is 19.8. The van der Waals surface area contributed by atoms with Gasteiger partial charge in [0.2, 0.25) is 21.8 Å². The highest BCUT2D eigenvalue weighted by Gasteiger charge is 2.34. The van der Waals surface area contributed by atoms with Crippen LogP contribution in [-0.4, -0.2) is 57.1 Å². The Hall–Kier alpha value is -2.98. The van der Waals surface area contributed by atoms with Gasteiger partial charge in [-0.25, -0.2) is 8.42 Å². The average Bonchev–Trinajstić information content (AvgIpc) is 2.95. The van der Waals surface area contributed by atoms with E-state index >= 15 is 0 Å². The zero-order valence-electron chi connectivity index (χ0n) is 23.8. The maximum atomic E-state index is 14.2. The minimum atomic E-state index is -4.00. The van der Waals surface area contributed by atoms with Crippen molar-refractivity contribution >= 4 is 62.3 Å². The summed E-state index contributed by atoms with van der Waals surface area (Å²) in [5.41, 5.74) is 1.53. The maximum absolute atomic E-state index is 14.2. The van der Waals surface area contributed by atoms with E-state index in [1.165, 1.54) is 24.1 Å². The van der Waals surface area contributed by atoms with Crippen molar-refractivity contribution in [2.45, 2.75) is 45.3 Å². The number of nitrogens with one attached hydrogen (secondary N) is 1. The number of ether oxygens (including phenoxy) is 1. The second-order valence-corrected chi connectivity index (χ2v) is 13.0. The van der Waals surface area contributed by atoms with Gasteiger partial charge < -0.3 is 15.0 Å². The van der Waals surface area contributed by atoms with Crippen molar-refractivity contribution in [1.29, 1.82) is 0 Å². The fraction of sp³-hybridized carbons (Fsp3) is 0.333. The quantitative estimate of drug-likeness (QED) is 0.245. The van der Waals surface area contributed by atoms with Gasteiger partial charge in [0, 0.05) is 24.0 Å². The summed E-state index contributed by atoms with van der Waals surface area (Å²) < 4.78 is 32.4. The van der Waals surface area contributed by atoms with E-state index in [9.17, 15) is 18.0 Å². The van der Waals surface area contributed by atoms with Gasteiger partial charge in [0.15, 0.2) is 0 Å². The molecule has 3 aromatic rings. The Morgan fingerprint density at radius 1 is 0.952 bits per heavy atom. The highest BCUT2D eigenvalue weighted by Crippen LogP contribution is 2.33. The molecule has 0 heterocycles. The molecule has 0 aliphatic rings. The van der Waals surface area contributed by atoms with Crippen molar-refractivity contribution in [3.05, 3.63) is 92.9 Å². The lowest BCUT2D eigenvalue weighted by Gasteiger charge is -2.34. The lowest BCUT2D eigenvalue weighted by atomic mass is 10.0. The van der Waals surface area contributed by atoms with Crippen molar-refractivity contribution < 1.29 is 22.7 Å². The number of nitrogens with zero attached hydrogens (tertiary/aromatic N) is 2. The molecule has 2 atom stereocenters. The standard InChI is InChI=1S/C30H34Cl3N3O5S/c1-5-20(2)34-30(38)27(16-21-9-7-6-8-10-21)35(18-22-11-13-24(32)25(33)15-22)29(37)19-36(42(4,39)40)26-17-23(31)12-14-28(26)41-3/h6-15,17,20,27H,5,16,18-19H2,1-4H3,(H,34,38)/t20-,27-/m0/s1. The number of sulfonamides is 1. The summed E-state index contributed by atoms with van der Waals surface area (Å²) in [5, 5.41) is 3.86. The molecule has 0 aliphatic heterocycles. The van der Waals surface area contributed by atoms with Gasteiger partial charge in [-0.3, -0.25) is 13.9 Å². The van der Waals surface area contributed by atoms with E-state index in [0.717, 1.165) is 16.1 Å². The molecule has 3 aromatic carbocycles. The van der Waals surface area contributed by atoms with Gasteiger partial charge in [-0.1, -0.05) is 78.1 Å². The van der Waals surface area contributed by atoms with E-state index in [-0.39, 0.29) is 46.4 Å². The van der Waals surface area contributed by atoms with Gasteiger partial charge in [-0.05, 0) is 54.8 Å². The van der Waals surface area contributed by atoms with E-state index in [0.29, 0.717) is 17.0 Å². The smallest absolute Gasteiger partial charge is 0.244 e. The molecule has 0 aromatic heterocycles. The number of hydrogen-bond acceptors (Lipinski definition) is 5. The SMILES string of the molecule is CC[C@H](C)NC(=O)[C@H](Cc1ccccc1)N(Cc1ccc(Cl)c(Cl)c1)C(=O)CN(c1cc(Cl)ccc1OC)S(C)(=O)=O. The summed E-state index contributed by atoms with van der Waals surface area (Å²) in [6.07, 6.45) is 1.86. The Bertz CT molecular complexity index is 1510. The molecular formula is C30H34Cl3N3O5S. The molecule has 0 saturated heterocycles. The van der Waals surface area contributed by atoms with Crippen molar-refractivity contribution in [3.63, 3.8) is 0 Å². The molecule has 0 aliphatic carbocycles. The molecule has 0 radical (unpaired) electrons. The topological polar surface area (TPSA) is 96.0 Å². The van der Waals surface area contributed by atoms with E-state index in [2.05, 4.69) is 5.32 Å². The molecule has 0 bridgehead atoms. The normalized spacial score (nSPS) is 12.7. The Labute approximate surface area is 262 Å². The lowest BCUT2D eigenvalue weighted by molar-refractivity contribution is -0.140. The fourth-order valence-corrected chi connectivity index (χ4v) is 5.61. The van der Waals surface area contributed by atoms with Gasteiger partial charge in [-0.15, -0.1) is 0 Å². The highest BCUT2D eigenvalue weighted by atomic mass is 35.5. The van der Waals surface area contributed by atoms with Crippen molar-refractivity contribution in [2.24, 2.45) is 0 Å². The van der Waals surface area contributed by atoms with Crippen LogP contribution in [0, 0.1) is 0 Å². The number of hydrogen-bond donors (Lipinski definition) is 1. The van der Waals surface area contributed by atoms with Gasteiger partial charge in [0.25, 0.3) is 0 Å². The zero-order valence-corrected chi connectivity index (χ0v) is 26.9. The number of rotatable bonds is 13. The van der Waals surface area contributed by atoms with Crippen LogP contribution in [0.5, 0.6) is 5.75 Å². The molecule has 0 unspecified atom stereocenters. The van der Waals surface area contributed by atoms with Gasteiger partial charge in [-0.2, -0.15) is 0 Å². The zero-order chi connectivity index (χ0) is 31.0. The molecule has 42 heavy (non-hydrogen) atoms. The summed E-state index contributed by atoms with van der Waals surface area (Å²) in [6.45, 7) is 3.17. The monoisotopic (exact) mass is 653 g/mol. The molecule has 12 heteroatoms. The molecule has 1 N–H and O–H groups in total. The third kappa shape index (κ3) is 9.01. The van der Waals surface area contributed by atoms with Crippen molar-refractivity contribution in [2.75, 3.05) is 24.2 Å². The number of carbonyl (C=O) groups is 2. The first-order valence-electron chi connectivity index (χ1n) is 13.2. The Morgan fingerprint density at radius 3 is 2.24 bits per heavy atom. The van der Waals surface area contributed by atoms with Crippen LogP contribution in [0.2, 0.25) is 15.1 Å². The molecule has 3 rings (SSSR count). The largest absolute Gasteiger partial charge is 0.495 e. The minimum absolute atomic E-state index is 0.0363. The van der Waals surface area contributed by atoms with Crippen LogP contribution in [0.3, 0.4) is 0 Å². The summed E-state index contributed by atoms with van der Waals surface area (Å²) in [6, 6.07) is 17.6. The number of amides is 2. The van der Waals surface area contributed by atoms with Crippen molar-refractivity contribution in [3.8, 4) is 5.75 Å².